The molecule has 0 fully saturated rings. The standard InChI is InChI=1S/C7H12N2O/c1-6(10)9-7-3-2-4-8-5-7/h5,8H,2-4H2,1H3,(H,9,10). The van der Waals surface area contributed by atoms with Gasteiger partial charge in [-0.25, -0.2) is 0 Å². The van der Waals surface area contributed by atoms with Crippen LogP contribution in [0.2, 0.25) is 0 Å². The first-order valence-electron chi connectivity index (χ1n) is 3.49. The first kappa shape index (κ1) is 7.12. The highest BCUT2D eigenvalue weighted by atomic mass is 16.1. The molecule has 0 atom stereocenters. The number of carbonyl (C=O) groups is 1. The summed E-state index contributed by atoms with van der Waals surface area (Å²) >= 11 is 0. The molecule has 1 heterocycles. The number of allylic oxidation sites excluding steroid dienone is 1. The van der Waals surface area contributed by atoms with E-state index in [0.717, 1.165) is 25.1 Å². The quantitative estimate of drug-likeness (QED) is 0.551. The third-order valence-corrected chi connectivity index (χ3v) is 1.38. The summed E-state index contributed by atoms with van der Waals surface area (Å²) in [5.74, 6) is 0.00921. The minimum atomic E-state index is 0.00921. The monoisotopic (exact) mass is 140 g/mol. The van der Waals surface area contributed by atoms with Crippen molar-refractivity contribution >= 4 is 5.91 Å². The summed E-state index contributed by atoms with van der Waals surface area (Å²) in [6.45, 7) is 2.54. The van der Waals surface area contributed by atoms with Crippen molar-refractivity contribution < 1.29 is 4.79 Å². The van der Waals surface area contributed by atoms with Crippen LogP contribution in [0.3, 0.4) is 0 Å². The Morgan fingerprint density at radius 3 is 3.10 bits per heavy atom. The van der Waals surface area contributed by atoms with Gasteiger partial charge < -0.3 is 10.6 Å². The lowest BCUT2D eigenvalue weighted by Crippen LogP contribution is -2.25. The van der Waals surface area contributed by atoms with E-state index in [9.17, 15) is 4.79 Å². The van der Waals surface area contributed by atoms with Crippen LogP contribution >= 0.6 is 0 Å². The van der Waals surface area contributed by atoms with Crippen molar-refractivity contribution in [1.82, 2.24) is 10.6 Å². The van der Waals surface area contributed by atoms with Gasteiger partial charge in [-0.05, 0) is 12.8 Å². The molecule has 10 heavy (non-hydrogen) atoms. The van der Waals surface area contributed by atoms with Crippen LogP contribution in [0.5, 0.6) is 0 Å². The Hall–Kier alpha value is -0.990. The molecule has 1 rings (SSSR count). The Morgan fingerprint density at radius 1 is 1.80 bits per heavy atom. The van der Waals surface area contributed by atoms with Crippen LogP contribution in [0.15, 0.2) is 11.9 Å². The van der Waals surface area contributed by atoms with E-state index in [1.54, 1.807) is 0 Å². The lowest BCUT2D eigenvalue weighted by atomic mass is 10.2. The first-order valence-corrected chi connectivity index (χ1v) is 3.49. The first-order chi connectivity index (χ1) is 4.79. The molecule has 0 radical (unpaired) electrons. The Labute approximate surface area is 60.5 Å². The molecule has 2 N–H and O–H groups in total. The summed E-state index contributed by atoms with van der Waals surface area (Å²) < 4.78 is 0. The van der Waals surface area contributed by atoms with Crippen LogP contribution in [-0.2, 0) is 4.79 Å². The predicted octanol–water partition coefficient (Wildman–Crippen LogP) is 0.347. The predicted molar refractivity (Wildman–Crippen MR) is 39.1 cm³/mol. The van der Waals surface area contributed by atoms with Gasteiger partial charge in [0.05, 0.1) is 0 Å². The van der Waals surface area contributed by atoms with E-state index in [1.165, 1.54) is 6.92 Å². The molecule has 1 aliphatic rings. The number of hydrogen-bond donors (Lipinski definition) is 2. The maximum absolute atomic E-state index is 10.5. The molecule has 0 unspecified atom stereocenters. The number of amides is 1. The fraction of sp³-hybridized carbons (Fsp3) is 0.571. The van der Waals surface area contributed by atoms with Gasteiger partial charge in [-0.2, -0.15) is 0 Å². The lowest BCUT2D eigenvalue weighted by molar-refractivity contribution is -0.118. The zero-order valence-electron chi connectivity index (χ0n) is 6.11. The van der Waals surface area contributed by atoms with Gasteiger partial charge in [0.2, 0.25) is 5.91 Å². The zero-order chi connectivity index (χ0) is 7.40. The van der Waals surface area contributed by atoms with Crippen molar-refractivity contribution in [3.8, 4) is 0 Å². The summed E-state index contributed by atoms with van der Waals surface area (Å²) in [6, 6.07) is 0. The van der Waals surface area contributed by atoms with Gasteiger partial charge in [0.1, 0.15) is 0 Å². The highest BCUT2D eigenvalue weighted by molar-refractivity contribution is 5.74. The molecule has 56 valence electrons. The van der Waals surface area contributed by atoms with Crippen LogP contribution < -0.4 is 10.6 Å². The van der Waals surface area contributed by atoms with E-state index < -0.39 is 0 Å². The van der Waals surface area contributed by atoms with Crippen LogP contribution in [0.1, 0.15) is 19.8 Å². The zero-order valence-corrected chi connectivity index (χ0v) is 6.11. The van der Waals surface area contributed by atoms with Gasteiger partial charge in [-0.15, -0.1) is 0 Å². The minimum Gasteiger partial charge on any atom is -0.389 e. The normalized spacial score (nSPS) is 17.1. The molecule has 0 aliphatic carbocycles. The Kier molecular flexibility index (Phi) is 2.31. The molecule has 1 amide bonds. The molecule has 0 spiro atoms. The lowest BCUT2D eigenvalue weighted by Gasteiger charge is -2.13. The van der Waals surface area contributed by atoms with Crippen LogP contribution in [-0.4, -0.2) is 12.5 Å². The molecule has 3 heteroatoms. The summed E-state index contributed by atoms with van der Waals surface area (Å²) in [5.41, 5.74) is 0.999. The topological polar surface area (TPSA) is 41.1 Å². The third-order valence-electron chi connectivity index (χ3n) is 1.38. The van der Waals surface area contributed by atoms with Crippen molar-refractivity contribution in [1.29, 1.82) is 0 Å². The van der Waals surface area contributed by atoms with Crippen LogP contribution in [0.4, 0.5) is 0 Å². The highest BCUT2D eigenvalue weighted by Crippen LogP contribution is 2.03. The fourth-order valence-corrected chi connectivity index (χ4v) is 0.973. The molecule has 3 nitrogen and oxygen atoms in total. The second-order valence-electron chi connectivity index (χ2n) is 2.41. The van der Waals surface area contributed by atoms with Crippen molar-refractivity contribution in [3.05, 3.63) is 11.9 Å². The Bertz CT molecular complexity index is 163. The van der Waals surface area contributed by atoms with Gasteiger partial charge in [-0.1, -0.05) is 0 Å². The maximum atomic E-state index is 10.5. The van der Waals surface area contributed by atoms with Gasteiger partial charge >= 0.3 is 0 Å². The second-order valence-corrected chi connectivity index (χ2v) is 2.41. The van der Waals surface area contributed by atoms with Gasteiger partial charge in [0.25, 0.3) is 0 Å². The average molecular weight is 140 g/mol. The van der Waals surface area contributed by atoms with E-state index in [0.29, 0.717) is 0 Å². The molecule has 0 bridgehead atoms. The smallest absolute Gasteiger partial charge is 0.221 e. The molecule has 0 aromatic rings. The summed E-state index contributed by atoms with van der Waals surface area (Å²) in [6.07, 6.45) is 3.95. The Balaban J connectivity index is 2.38. The SMILES string of the molecule is CC(=O)NC1=CNCCC1. The number of nitrogens with one attached hydrogen (secondary N) is 2. The van der Waals surface area contributed by atoms with Crippen LogP contribution in [0.25, 0.3) is 0 Å². The fourth-order valence-electron chi connectivity index (χ4n) is 0.973. The van der Waals surface area contributed by atoms with E-state index in [4.69, 9.17) is 0 Å². The summed E-state index contributed by atoms with van der Waals surface area (Å²) in [7, 11) is 0. The number of carbonyl (C=O) groups excluding carboxylic acids is 1. The molecule has 0 aromatic heterocycles. The minimum absolute atomic E-state index is 0.00921. The third kappa shape index (κ3) is 2.09. The molecule has 1 aliphatic heterocycles. The van der Waals surface area contributed by atoms with Crippen molar-refractivity contribution in [3.63, 3.8) is 0 Å². The second kappa shape index (κ2) is 3.25. The van der Waals surface area contributed by atoms with E-state index >= 15 is 0 Å². The molecular weight excluding hydrogens is 128 g/mol. The average Bonchev–Trinajstić information content (AvgIpc) is 1.88. The molecular formula is C7H12N2O. The van der Waals surface area contributed by atoms with E-state index in [1.807, 2.05) is 6.20 Å². The molecule has 0 saturated carbocycles. The number of hydrogen-bond acceptors (Lipinski definition) is 2. The van der Waals surface area contributed by atoms with E-state index in [-0.39, 0.29) is 5.91 Å². The van der Waals surface area contributed by atoms with Crippen molar-refractivity contribution in [2.45, 2.75) is 19.8 Å². The van der Waals surface area contributed by atoms with Gasteiger partial charge in [0.15, 0.2) is 0 Å². The van der Waals surface area contributed by atoms with Crippen LogP contribution in [0, 0.1) is 0 Å². The van der Waals surface area contributed by atoms with Gasteiger partial charge in [-0.3, -0.25) is 4.79 Å². The summed E-state index contributed by atoms with van der Waals surface area (Å²) in [4.78, 5) is 10.5. The Morgan fingerprint density at radius 2 is 2.60 bits per heavy atom. The maximum Gasteiger partial charge on any atom is 0.221 e. The summed E-state index contributed by atoms with van der Waals surface area (Å²) in [5, 5.41) is 5.80. The van der Waals surface area contributed by atoms with Crippen molar-refractivity contribution in [2.75, 3.05) is 6.54 Å². The van der Waals surface area contributed by atoms with Gasteiger partial charge in [0, 0.05) is 25.4 Å². The van der Waals surface area contributed by atoms with E-state index in [2.05, 4.69) is 10.6 Å². The highest BCUT2D eigenvalue weighted by Gasteiger charge is 2.02. The number of rotatable bonds is 1. The largest absolute Gasteiger partial charge is 0.389 e. The van der Waals surface area contributed by atoms with Crippen molar-refractivity contribution in [2.24, 2.45) is 0 Å². The molecule has 0 saturated heterocycles. The molecule has 0 aromatic carbocycles.